The third-order valence-electron chi connectivity index (χ3n) is 12.5. The van der Waals surface area contributed by atoms with E-state index in [0.29, 0.717) is 71.7 Å². The molecule has 0 saturated carbocycles. The van der Waals surface area contributed by atoms with Crippen LogP contribution in [-0.2, 0) is 25.5 Å². The van der Waals surface area contributed by atoms with Gasteiger partial charge in [-0.2, -0.15) is 20.4 Å². The van der Waals surface area contributed by atoms with Crippen LogP contribution in [-0.4, -0.2) is 82.3 Å². The van der Waals surface area contributed by atoms with Crippen molar-refractivity contribution in [1.82, 2.24) is 0 Å². The van der Waals surface area contributed by atoms with Crippen molar-refractivity contribution in [2.75, 3.05) is 33.5 Å². The van der Waals surface area contributed by atoms with E-state index < -0.39 is 23.9 Å². The molecule has 81 heavy (non-hydrogen) atoms. The number of rotatable bonds is 34. The Morgan fingerprint density at radius 2 is 0.877 bits per heavy atom. The Balaban J connectivity index is 1.03. The lowest BCUT2D eigenvalue weighted by Crippen LogP contribution is -2.10. The summed E-state index contributed by atoms with van der Waals surface area (Å²) in [5.41, 5.74) is 6.54. The molecule has 15 nitrogen and oxygen atoms in total. The van der Waals surface area contributed by atoms with Crippen molar-refractivity contribution in [2.45, 2.75) is 84.0 Å². The van der Waals surface area contributed by atoms with E-state index >= 15 is 0 Å². The van der Waals surface area contributed by atoms with Crippen LogP contribution in [0.4, 0.5) is 0 Å². The molecule has 15 heteroatoms. The maximum absolute atomic E-state index is 13.5. The van der Waals surface area contributed by atoms with Crippen molar-refractivity contribution < 1.29 is 52.3 Å². The number of aryl methyl sites for hydroxylation is 1. The Labute approximate surface area is 474 Å². The summed E-state index contributed by atoms with van der Waals surface area (Å²) in [6.07, 6.45) is 20.0. The number of methoxy groups -OCH3 is 1. The number of unbranched alkanes of at least 4 members (excludes halogenated alkanes) is 8. The molecule has 0 amide bonds. The van der Waals surface area contributed by atoms with Crippen LogP contribution in [0.5, 0.6) is 28.7 Å². The summed E-state index contributed by atoms with van der Waals surface area (Å²) in [7, 11) is 1.54. The zero-order chi connectivity index (χ0) is 57.3. The van der Waals surface area contributed by atoms with Crippen molar-refractivity contribution in [3.63, 3.8) is 0 Å². The number of ether oxygens (including phenoxy) is 7. The minimum absolute atomic E-state index is 0.273. The Kier molecular flexibility index (Phi) is 26.0. The summed E-state index contributed by atoms with van der Waals surface area (Å²) in [5.74, 6) is 0.504. The summed E-state index contributed by atoms with van der Waals surface area (Å²) in [4.78, 5) is 49.0. The van der Waals surface area contributed by atoms with Gasteiger partial charge in [-0.15, -0.1) is 0 Å². The quantitative estimate of drug-likeness (QED) is 0.00936. The number of benzene rings is 6. The topological polar surface area (TPSA) is 182 Å². The van der Waals surface area contributed by atoms with Crippen LogP contribution < -0.4 is 23.7 Å². The number of nitrogens with zero attached hydrogens (tertiary/aromatic N) is 4. The summed E-state index contributed by atoms with van der Waals surface area (Å²) < 4.78 is 38.9. The fraction of sp³-hybridized carbons (Fsp3) is 0.273. The van der Waals surface area contributed by atoms with Crippen molar-refractivity contribution in [2.24, 2.45) is 20.4 Å². The molecule has 0 aliphatic rings. The number of carbonyl (C=O) groups is 4. The predicted molar refractivity (Wildman–Crippen MR) is 318 cm³/mol. The molecule has 0 atom stereocenters. The maximum Gasteiger partial charge on any atom is 0.343 e. The van der Waals surface area contributed by atoms with E-state index in [2.05, 4.69) is 64.8 Å². The molecular weight excluding hydrogens is 1020 g/mol. The van der Waals surface area contributed by atoms with Crippen molar-refractivity contribution in [1.29, 1.82) is 0 Å². The Hall–Kier alpha value is -9.24. The molecule has 0 unspecified atom stereocenters. The second-order valence-electron chi connectivity index (χ2n) is 18.6. The van der Waals surface area contributed by atoms with Crippen LogP contribution in [0.2, 0.25) is 0 Å². The van der Waals surface area contributed by atoms with Gasteiger partial charge in [0, 0.05) is 23.3 Å². The summed E-state index contributed by atoms with van der Waals surface area (Å²) in [5, 5.41) is 17.1. The van der Waals surface area contributed by atoms with Crippen molar-refractivity contribution >= 4 is 48.7 Å². The van der Waals surface area contributed by atoms with Gasteiger partial charge in [-0.3, -0.25) is 0 Å². The van der Waals surface area contributed by atoms with Gasteiger partial charge in [0.25, 0.3) is 0 Å². The highest BCUT2D eigenvalue weighted by Crippen LogP contribution is 2.29. The van der Waals surface area contributed by atoms with E-state index in [0.717, 1.165) is 98.6 Å². The van der Waals surface area contributed by atoms with Gasteiger partial charge in [0.2, 0.25) is 0 Å². The van der Waals surface area contributed by atoms with Gasteiger partial charge in [0.15, 0.2) is 0 Å². The Morgan fingerprint density at radius 3 is 1.35 bits per heavy atom. The zero-order valence-electron chi connectivity index (χ0n) is 46.2. The first kappa shape index (κ1) is 61.0. The van der Waals surface area contributed by atoms with Gasteiger partial charge in [0.05, 0.1) is 69.5 Å². The van der Waals surface area contributed by atoms with E-state index in [-0.39, 0.29) is 5.75 Å². The summed E-state index contributed by atoms with van der Waals surface area (Å²) in [6.45, 7) is 10.8. The molecule has 6 aromatic rings. The zero-order valence-corrected chi connectivity index (χ0v) is 46.2. The molecule has 0 spiro atoms. The minimum atomic E-state index is -0.556. The van der Waals surface area contributed by atoms with Gasteiger partial charge in [-0.1, -0.05) is 87.5 Å². The largest absolute Gasteiger partial charge is 0.497 e. The molecule has 0 saturated heterocycles. The first-order chi connectivity index (χ1) is 39.6. The van der Waals surface area contributed by atoms with Gasteiger partial charge < -0.3 is 33.2 Å². The molecule has 0 radical (unpaired) electrons. The molecule has 420 valence electrons. The van der Waals surface area contributed by atoms with Gasteiger partial charge in [0.1, 0.15) is 28.7 Å². The predicted octanol–water partition coefficient (Wildman–Crippen LogP) is 13.8. The third-order valence-corrected chi connectivity index (χ3v) is 12.5. The van der Waals surface area contributed by atoms with E-state index in [1.807, 2.05) is 36.4 Å². The van der Waals surface area contributed by atoms with Crippen LogP contribution in [0, 0.1) is 0 Å². The SMILES string of the molecule is C=CC(=O)OCCCCCCOc1ccc(C(=O)Oc2ccc(OC)cc2/C=N/N=C/c2ccc(/C=N/N=C/c3cc(-c4ccc(CCCCC)cc4)ccc3OC(=O)c3ccc(OCCCCCCOC(=O)C=C)cc3)cc2)cc1. The number of hydrogen-bond acceptors (Lipinski definition) is 15. The van der Waals surface area contributed by atoms with Gasteiger partial charge in [-0.05, 0) is 171 Å². The normalized spacial score (nSPS) is 11.2. The molecule has 0 aromatic heterocycles. The molecule has 6 rings (SSSR count). The highest BCUT2D eigenvalue weighted by atomic mass is 16.5. The molecule has 0 N–H and O–H groups in total. The number of esters is 4. The molecule has 0 bridgehead atoms. The van der Waals surface area contributed by atoms with Crippen LogP contribution in [0.15, 0.2) is 179 Å². The molecule has 6 aromatic carbocycles. The van der Waals surface area contributed by atoms with Crippen LogP contribution >= 0.6 is 0 Å². The van der Waals surface area contributed by atoms with Crippen LogP contribution in [0.1, 0.15) is 126 Å². The number of carbonyl (C=O) groups excluding carboxylic acids is 4. The highest BCUT2D eigenvalue weighted by molar-refractivity contribution is 5.95. The van der Waals surface area contributed by atoms with Gasteiger partial charge >= 0.3 is 23.9 Å². The summed E-state index contributed by atoms with van der Waals surface area (Å²) in [6, 6.07) is 40.2. The number of hydrogen-bond donors (Lipinski definition) is 0. The van der Waals surface area contributed by atoms with E-state index in [9.17, 15) is 19.2 Å². The Bertz CT molecular complexity index is 3090. The molecular formula is C66H70N4O11. The Morgan fingerprint density at radius 1 is 0.444 bits per heavy atom. The second kappa shape index (κ2) is 34.6. The fourth-order valence-electron chi connectivity index (χ4n) is 7.92. The molecule has 0 fully saturated rings. The van der Waals surface area contributed by atoms with Crippen LogP contribution in [0.25, 0.3) is 11.1 Å². The fourth-order valence-corrected chi connectivity index (χ4v) is 7.92. The van der Waals surface area contributed by atoms with Crippen LogP contribution in [0.3, 0.4) is 0 Å². The molecule has 0 aliphatic heterocycles. The average molecular weight is 1100 g/mol. The maximum atomic E-state index is 13.5. The lowest BCUT2D eigenvalue weighted by molar-refractivity contribution is -0.138. The van der Waals surface area contributed by atoms with Gasteiger partial charge in [-0.25, -0.2) is 19.2 Å². The average Bonchev–Trinajstić information content (AvgIpc) is 3.53. The minimum Gasteiger partial charge on any atom is -0.497 e. The highest BCUT2D eigenvalue weighted by Gasteiger charge is 2.15. The van der Waals surface area contributed by atoms with Crippen molar-refractivity contribution in [3.05, 3.63) is 198 Å². The van der Waals surface area contributed by atoms with E-state index in [1.54, 1.807) is 98.6 Å². The standard InChI is InChI=1S/C66H70N4O11/c1-5-8-13-18-49-23-25-52(26-24-49)55-31-37-61(80-65(73)53-27-32-58(33-28-53)76-39-14-9-11-16-41-78-63(71)6-2)56(43-55)47-69-67-45-50-19-21-51(22-20-50)46-68-70-48-57-44-60(75-4)36-38-62(57)81-66(74)54-29-34-59(35-30-54)77-40-15-10-12-17-42-79-64(72)7-3/h6-7,19-38,43-48H,2-3,5,8-18,39-42H2,1,4H3/b67-45+,68-46+,69-47+,70-48+. The first-order valence-corrected chi connectivity index (χ1v) is 27.3. The first-order valence-electron chi connectivity index (χ1n) is 27.3. The summed E-state index contributed by atoms with van der Waals surface area (Å²) >= 11 is 0. The molecule has 0 heterocycles. The van der Waals surface area contributed by atoms with E-state index in [1.165, 1.54) is 24.6 Å². The smallest absolute Gasteiger partial charge is 0.343 e. The lowest BCUT2D eigenvalue weighted by atomic mass is 9.99. The second-order valence-corrected chi connectivity index (χ2v) is 18.6. The third kappa shape index (κ3) is 21.8. The van der Waals surface area contributed by atoms with Crippen molar-refractivity contribution in [3.8, 4) is 39.9 Å². The van der Waals surface area contributed by atoms with E-state index in [4.69, 9.17) is 33.2 Å². The molecule has 0 aliphatic carbocycles. The lowest BCUT2D eigenvalue weighted by Gasteiger charge is -2.11. The monoisotopic (exact) mass is 1090 g/mol.